The van der Waals surface area contributed by atoms with E-state index in [0.717, 1.165) is 55.4 Å². The van der Waals surface area contributed by atoms with E-state index in [4.69, 9.17) is 4.74 Å². The molecule has 9 heteroatoms. The van der Waals surface area contributed by atoms with Crippen LogP contribution in [0, 0.1) is 0 Å². The molecule has 228 valence electrons. The van der Waals surface area contributed by atoms with E-state index in [1.807, 2.05) is 30.3 Å². The fourth-order valence-electron chi connectivity index (χ4n) is 4.60. The van der Waals surface area contributed by atoms with E-state index in [1.54, 1.807) is 18.7 Å². The number of benzene rings is 2. The number of ether oxygens (including phenoxy) is 1. The first-order valence-electron chi connectivity index (χ1n) is 15.3. The van der Waals surface area contributed by atoms with Gasteiger partial charge in [0.25, 0.3) is 5.56 Å². The highest BCUT2D eigenvalue weighted by atomic mass is 32.2. The summed E-state index contributed by atoms with van der Waals surface area (Å²) in [7, 11) is 0. The SMILES string of the molecule is CCCCCCCn1nc(NCCCCc2cccc(SC(C)COC(=O)CC)c2)c(=O)n(Cc2ccccc2)c1=O. The molecular weight excluding hydrogens is 548 g/mol. The van der Waals surface area contributed by atoms with E-state index < -0.39 is 0 Å². The lowest BCUT2D eigenvalue weighted by molar-refractivity contribution is -0.143. The number of nitrogens with one attached hydrogen (secondary N) is 1. The molecule has 3 aromatic rings. The number of hydrogen-bond acceptors (Lipinski definition) is 7. The number of rotatable bonds is 19. The van der Waals surface area contributed by atoms with Crippen molar-refractivity contribution in [2.75, 3.05) is 18.5 Å². The largest absolute Gasteiger partial charge is 0.465 e. The molecular formula is C33H46N4O4S. The summed E-state index contributed by atoms with van der Waals surface area (Å²) in [5.41, 5.74) is 1.41. The summed E-state index contributed by atoms with van der Waals surface area (Å²) < 4.78 is 8.01. The van der Waals surface area contributed by atoms with Crippen molar-refractivity contribution in [3.05, 3.63) is 86.6 Å². The molecule has 0 bridgehead atoms. The van der Waals surface area contributed by atoms with E-state index in [0.29, 0.717) is 26.1 Å². The van der Waals surface area contributed by atoms with Crippen LogP contribution in [0.25, 0.3) is 0 Å². The van der Waals surface area contributed by atoms with Gasteiger partial charge in [-0.1, -0.05) is 82.0 Å². The van der Waals surface area contributed by atoms with Crippen molar-refractivity contribution < 1.29 is 9.53 Å². The van der Waals surface area contributed by atoms with Gasteiger partial charge < -0.3 is 10.1 Å². The Morgan fingerprint density at radius 3 is 2.48 bits per heavy atom. The Labute approximate surface area is 253 Å². The van der Waals surface area contributed by atoms with Crippen molar-refractivity contribution in [2.24, 2.45) is 0 Å². The van der Waals surface area contributed by atoms with Gasteiger partial charge in [-0.2, -0.15) is 0 Å². The van der Waals surface area contributed by atoms with Crippen molar-refractivity contribution in [2.45, 2.75) is 102 Å². The van der Waals surface area contributed by atoms with E-state index >= 15 is 0 Å². The Morgan fingerprint density at radius 1 is 0.952 bits per heavy atom. The maximum Gasteiger partial charge on any atom is 0.347 e. The van der Waals surface area contributed by atoms with Gasteiger partial charge in [0.15, 0.2) is 0 Å². The molecule has 1 aromatic heterocycles. The number of anilines is 1. The van der Waals surface area contributed by atoms with Crippen LogP contribution in [0.4, 0.5) is 5.82 Å². The molecule has 0 aliphatic rings. The molecule has 0 saturated heterocycles. The highest BCUT2D eigenvalue weighted by Crippen LogP contribution is 2.25. The van der Waals surface area contributed by atoms with E-state index in [1.165, 1.54) is 21.2 Å². The van der Waals surface area contributed by atoms with Gasteiger partial charge in [-0.05, 0) is 55.9 Å². The molecule has 1 heterocycles. The summed E-state index contributed by atoms with van der Waals surface area (Å²) >= 11 is 1.70. The van der Waals surface area contributed by atoms with Crippen LogP contribution in [-0.2, 0) is 29.0 Å². The van der Waals surface area contributed by atoms with Gasteiger partial charge in [0.1, 0.15) is 6.61 Å². The van der Waals surface area contributed by atoms with E-state index in [-0.39, 0.29) is 34.8 Å². The monoisotopic (exact) mass is 594 g/mol. The second-order valence-corrected chi connectivity index (χ2v) is 12.2. The summed E-state index contributed by atoms with van der Waals surface area (Å²) in [6.45, 7) is 7.75. The lowest BCUT2D eigenvalue weighted by Gasteiger charge is -2.13. The first-order chi connectivity index (χ1) is 20.4. The van der Waals surface area contributed by atoms with Crippen molar-refractivity contribution in [3.63, 3.8) is 0 Å². The minimum atomic E-state index is -0.380. The highest BCUT2D eigenvalue weighted by molar-refractivity contribution is 8.00. The zero-order valence-corrected chi connectivity index (χ0v) is 26.2. The van der Waals surface area contributed by atoms with Crippen LogP contribution >= 0.6 is 11.8 Å². The molecule has 1 atom stereocenters. The van der Waals surface area contributed by atoms with Crippen molar-refractivity contribution in [3.8, 4) is 0 Å². The van der Waals surface area contributed by atoms with Crippen molar-refractivity contribution in [1.29, 1.82) is 0 Å². The predicted molar refractivity (Wildman–Crippen MR) is 171 cm³/mol. The Balaban J connectivity index is 1.57. The third-order valence-corrected chi connectivity index (χ3v) is 8.03. The minimum absolute atomic E-state index is 0.170. The molecule has 0 radical (unpaired) electrons. The number of nitrogens with zero attached hydrogens (tertiary/aromatic N) is 3. The Kier molecular flexibility index (Phi) is 14.4. The summed E-state index contributed by atoms with van der Waals surface area (Å²) in [6, 6.07) is 18.0. The second kappa shape index (κ2) is 18.3. The fraction of sp³-hybridized carbons (Fsp3) is 0.515. The Bertz CT molecular complexity index is 1360. The second-order valence-electron chi connectivity index (χ2n) is 10.6. The van der Waals surface area contributed by atoms with Gasteiger partial charge in [0, 0.05) is 29.7 Å². The lowest BCUT2D eigenvalue weighted by atomic mass is 10.1. The smallest absolute Gasteiger partial charge is 0.347 e. The molecule has 2 aromatic carbocycles. The minimum Gasteiger partial charge on any atom is -0.465 e. The van der Waals surface area contributed by atoms with Crippen LogP contribution < -0.4 is 16.6 Å². The molecule has 1 N–H and O–H groups in total. The number of thioether (sulfide) groups is 1. The molecule has 8 nitrogen and oxygen atoms in total. The van der Waals surface area contributed by atoms with Crippen molar-refractivity contribution >= 4 is 23.5 Å². The summed E-state index contributed by atoms with van der Waals surface area (Å²) in [6.07, 6.45) is 8.48. The van der Waals surface area contributed by atoms with Crippen LogP contribution in [0.2, 0.25) is 0 Å². The molecule has 1 unspecified atom stereocenters. The van der Waals surface area contributed by atoms with Gasteiger partial charge in [0.05, 0.1) is 6.54 Å². The molecule has 0 saturated carbocycles. The first-order valence-corrected chi connectivity index (χ1v) is 16.2. The van der Waals surface area contributed by atoms with Gasteiger partial charge in [0.2, 0.25) is 5.82 Å². The fourth-order valence-corrected chi connectivity index (χ4v) is 5.58. The van der Waals surface area contributed by atoms with Gasteiger partial charge >= 0.3 is 11.7 Å². The third kappa shape index (κ3) is 11.2. The standard InChI is InChI=1S/C33H46N4O4S/c1-4-6-7-8-14-22-37-33(40)36(24-28-17-10-9-11-18-28)32(39)31(35-37)34-21-13-12-16-27-19-15-20-29(23-27)42-26(3)25-41-30(38)5-2/h9-11,15,17-20,23,26H,4-8,12-14,16,21-22,24-25H2,1-3H3,(H,34,35). The lowest BCUT2D eigenvalue weighted by Crippen LogP contribution is -2.43. The number of hydrogen-bond donors (Lipinski definition) is 1. The Hall–Kier alpha value is -3.33. The normalized spacial score (nSPS) is 11.8. The van der Waals surface area contributed by atoms with Crippen LogP contribution in [-0.4, -0.2) is 38.7 Å². The van der Waals surface area contributed by atoms with E-state index in [9.17, 15) is 14.4 Å². The summed E-state index contributed by atoms with van der Waals surface area (Å²) in [5, 5.41) is 7.84. The molecule has 42 heavy (non-hydrogen) atoms. The maximum absolute atomic E-state index is 13.3. The Morgan fingerprint density at radius 2 is 1.71 bits per heavy atom. The average molecular weight is 595 g/mol. The van der Waals surface area contributed by atoms with Crippen LogP contribution in [0.3, 0.4) is 0 Å². The van der Waals surface area contributed by atoms with Crippen LogP contribution in [0.15, 0.2) is 69.1 Å². The van der Waals surface area contributed by atoms with Gasteiger partial charge in [-0.25, -0.2) is 9.48 Å². The van der Waals surface area contributed by atoms with E-state index in [2.05, 4.69) is 48.5 Å². The number of aryl methyl sites for hydroxylation is 2. The average Bonchev–Trinajstić information content (AvgIpc) is 3.00. The molecule has 0 aliphatic carbocycles. The van der Waals surface area contributed by atoms with Gasteiger partial charge in [-0.15, -0.1) is 16.9 Å². The summed E-state index contributed by atoms with van der Waals surface area (Å²) in [5.74, 6) is 0.0616. The number of esters is 1. The molecule has 0 fully saturated rings. The number of carbonyl (C=O) groups is 1. The third-order valence-electron chi connectivity index (χ3n) is 6.97. The molecule has 3 rings (SSSR count). The maximum atomic E-state index is 13.3. The number of carbonyl (C=O) groups excluding carboxylic acids is 1. The number of unbranched alkanes of at least 4 members (excludes halogenated alkanes) is 5. The molecule has 0 aliphatic heterocycles. The predicted octanol–water partition coefficient (Wildman–Crippen LogP) is 6.29. The van der Waals surface area contributed by atoms with Crippen LogP contribution in [0.1, 0.15) is 83.3 Å². The summed E-state index contributed by atoms with van der Waals surface area (Å²) in [4.78, 5) is 39.0. The van der Waals surface area contributed by atoms with Gasteiger partial charge in [-0.3, -0.25) is 14.2 Å². The molecule has 0 spiro atoms. The quantitative estimate of drug-likeness (QED) is 0.0990. The van der Waals surface area contributed by atoms with Crippen LogP contribution in [0.5, 0.6) is 0 Å². The van der Waals surface area contributed by atoms with Crippen molar-refractivity contribution in [1.82, 2.24) is 14.3 Å². The highest BCUT2D eigenvalue weighted by Gasteiger charge is 2.14. The first kappa shape index (κ1) is 33.2. The topological polar surface area (TPSA) is 95.2 Å². The molecule has 0 amide bonds. The zero-order valence-electron chi connectivity index (χ0n) is 25.3. The number of aromatic nitrogens is 3. The zero-order chi connectivity index (χ0) is 30.2.